The lowest BCUT2D eigenvalue weighted by atomic mass is 9.72. The van der Waals surface area contributed by atoms with Crippen molar-refractivity contribution < 1.29 is 22.7 Å². The Hall–Kier alpha value is -3.97. The molecule has 5 heterocycles. The maximum atomic E-state index is 14.3. The summed E-state index contributed by atoms with van der Waals surface area (Å²) in [5.41, 5.74) is 1.42. The first kappa shape index (κ1) is 29.4. The van der Waals surface area contributed by atoms with E-state index >= 15 is 0 Å². The van der Waals surface area contributed by atoms with Crippen molar-refractivity contribution in [2.75, 3.05) is 18.0 Å². The SMILES string of the molecule is O=COC1CCC12C[C@@H](N1CCCc3cc(C(F)(F)F)cc(-c4ccnc5cc(Cn6c(=O)ccn(C7CC7)c6=O)sc45)c31)CN2. The fourth-order valence-electron chi connectivity index (χ4n) is 7.67. The number of nitrogens with one attached hydrogen (secondary N) is 1. The zero-order chi connectivity index (χ0) is 31.8. The molecule has 3 fully saturated rings. The predicted octanol–water partition coefficient (Wildman–Crippen LogP) is 4.88. The molecular formula is C33H32F3N5O4S. The van der Waals surface area contributed by atoms with E-state index in [9.17, 15) is 27.6 Å². The minimum absolute atomic E-state index is 0.0161. The highest BCUT2D eigenvalue weighted by molar-refractivity contribution is 7.19. The van der Waals surface area contributed by atoms with E-state index in [0.29, 0.717) is 57.8 Å². The molecule has 0 radical (unpaired) electrons. The summed E-state index contributed by atoms with van der Waals surface area (Å²) in [5.74, 6) is 0. The number of benzene rings is 1. The van der Waals surface area contributed by atoms with Gasteiger partial charge in [-0.2, -0.15) is 13.2 Å². The number of hydrogen-bond donors (Lipinski definition) is 1. The zero-order valence-corrected chi connectivity index (χ0v) is 25.7. The summed E-state index contributed by atoms with van der Waals surface area (Å²) in [4.78, 5) is 44.5. The van der Waals surface area contributed by atoms with Crippen LogP contribution in [0.25, 0.3) is 21.3 Å². The van der Waals surface area contributed by atoms with E-state index in [-0.39, 0.29) is 36.0 Å². The summed E-state index contributed by atoms with van der Waals surface area (Å²) in [6.45, 7) is 1.88. The lowest BCUT2D eigenvalue weighted by Gasteiger charge is -2.46. The summed E-state index contributed by atoms with van der Waals surface area (Å²) >= 11 is 1.34. The molecule has 4 aliphatic rings. The van der Waals surface area contributed by atoms with Gasteiger partial charge in [-0.1, -0.05) is 0 Å². The monoisotopic (exact) mass is 651 g/mol. The van der Waals surface area contributed by atoms with E-state index in [4.69, 9.17) is 4.74 Å². The third-order valence-electron chi connectivity index (χ3n) is 10.2. The van der Waals surface area contributed by atoms with E-state index in [0.717, 1.165) is 44.2 Å². The number of halogens is 3. The maximum Gasteiger partial charge on any atom is 0.416 e. The van der Waals surface area contributed by atoms with Crippen LogP contribution in [0.1, 0.15) is 60.6 Å². The van der Waals surface area contributed by atoms with Gasteiger partial charge in [0.25, 0.3) is 12.0 Å². The lowest BCUT2D eigenvalue weighted by Crippen LogP contribution is -2.59. The minimum atomic E-state index is -4.53. The third kappa shape index (κ3) is 4.86. The summed E-state index contributed by atoms with van der Waals surface area (Å²) in [6, 6.07) is 7.64. The van der Waals surface area contributed by atoms with Crippen LogP contribution in [0.4, 0.5) is 18.9 Å². The standard InChI is InChI=1S/C33H32F3N5O4S/c34-33(35,36)20-12-19-2-1-10-39(22-15-32(38-16-22)8-5-27(32)45-18-42)29(19)25(13-20)24-6-9-37-26-14-23(46-30(24)26)17-41-28(43)7-11-40(31(41)44)21-3-4-21/h6-7,9,11-14,18,21-22,27,38H,1-5,8,10,15-17H2/t22-,27?,32?/m1/s1. The van der Waals surface area contributed by atoms with Gasteiger partial charge < -0.3 is 15.0 Å². The number of fused-ring (bicyclic) bond motifs is 2. The van der Waals surface area contributed by atoms with Gasteiger partial charge in [-0.15, -0.1) is 11.3 Å². The first-order valence-electron chi connectivity index (χ1n) is 15.7. The molecule has 240 valence electrons. The van der Waals surface area contributed by atoms with Gasteiger partial charge in [-0.3, -0.25) is 23.7 Å². The summed E-state index contributed by atoms with van der Waals surface area (Å²) < 4.78 is 51.8. The number of aryl methyl sites for hydroxylation is 1. The molecule has 1 spiro atoms. The number of pyridine rings is 1. The van der Waals surface area contributed by atoms with E-state index in [1.165, 1.54) is 34.1 Å². The lowest BCUT2D eigenvalue weighted by molar-refractivity contribution is -0.145. The number of anilines is 1. The average Bonchev–Trinajstić information content (AvgIpc) is 3.60. The van der Waals surface area contributed by atoms with E-state index in [1.807, 2.05) is 6.07 Å². The van der Waals surface area contributed by atoms with Gasteiger partial charge >= 0.3 is 11.9 Å². The molecule has 4 aromatic rings. The van der Waals surface area contributed by atoms with Gasteiger partial charge in [-0.25, -0.2) is 4.79 Å². The highest BCUT2D eigenvalue weighted by Gasteiger charge is 2.54. The number of carbonyl (C=O) groups excluding carboxylic acids is 1. The predicted molar refractivity (Wildman–Crippen MR) is 167 cm³/mol. The van der Waals surface area contributed by atoms with Gasteiger partial charge in [-0.05, 0) is 74.8 Å². The number of thiophene rings is 1. The molecule has 1 aromatic carbocycles. The third-order valence-corrected chi connectivity index (χ3v) is 11.3. The number of hydrogen-bond acceptors (Lipinski definition) is 8. The van der Waals surface area contributed by atoms with Crippen LogP contribution in [-0.2, 0) is 28.7 Å². The molecule has 46 heavy (non-hydrogen) atoms. The number of rotatable bonds is 7. The fraction of sp³-hybridized carbons (Fsp3) is 0.455. The van der Waals surface area contributed by atoms with Crippen molar-refractivity contribution in [3.05, 3.63) is 79.6 Å². The van der Waals surface area contributed by atoms with Crippen molar-refractivity contribution in [1.82, 2.24) is 19.4 Å². The first-order valence-corrected chi connectivity index (χ1v) is 16.5. The van der Waals surface area contributed by atoms with Crippen LogP contribution < -0.4 is 21.5 Å². The second-order valence-corrected chi connectivity index (χ2v) is 14.1. The second-order valence-electron chi connectivity index (χ2n) is 12.9. The highest BCUT2D eigenvalue weighted by atomic mass is 32.1. The molecule has 0 bridgehead atoms. The molecule has 3 aromatic heterocycles. The number of carbonyl (C=O) groups is 1. The molecule has 8 rings (SSSR count). The Morgan fingerprint density at radius 1 is 1.11 bits per heavy atom. The molecule has 13 heteroatoms. The number of ether oxygens (including phenoxy) is 1. The molecule has 2 unspecified atom stereocenters. The van der Waals surface area contributed by atoms with Crippen LogP contribution in [0.5, 0.6) is 0 Å². The van der Waals surface area contributed by atoms with Crippen LogP contribution in [0.3, 0.4) is 0 Å². The quantitative estimate of drug-likeness (QED) is 0.285. The van der Waals surface area contributed by atoms with Crippen molar-refractivity contribution in [1.29, 1.82) is 0 Å². The van der Waals surface area contributed by atoms with Gasteiger partial charge in [0.1, 0.15) is 6.10 Å². The molecule has 2 aliphatic heterocycles. The van der Waals surface area contributed by atoms with Crippen molar-refractivity contribution in [3.8, 4) is 11.1 Å². The smallest absolute Gasteiger partial charge is 0.416 e. The van der Waals surface area contributed by atoms with E-state index < -0.39 is 17.3 Å². The summed E-state index contributed by atoms with van der Waals surface area (Å²) in [6.07, 6.45) is 3.86. The first-order chi connectivity index (χ1) is 22.1. The Labute approximate surface area is 265 Å². The maximum absolute atomic E-state index is 14.3. The van der Waals surface area contributed by atoms with Crippen molar-refractivity contribution in [2.24, 2.45) is 0 Å². The zero-order valence-electron chi connectivity index (χ0n) is 24.9. The van der Waals surface area contributed by atoms with Gasteiger partial charge in [0, 0.05) is 65.3 Å². The molecule has 1 saturated heterocycles. The average molecular weight is 652 g/mol. The molecule has 0 amide bonds. The largest absolute Gasteiger partial charge is 0.463 e. The van der Waals surface area contributed by atoms with Crippen LogP contribution in [-0.4, -0.2) is 51.4 Å². The fourth-order valence-corrected chi connectivity index (χ4v) is 8.80. The Morgan fingerprint density at radius 2 is 1.96 bits per heavy atom. The Kier molecular flexibility index (Phi) is 6.91. The Balaban J connectivity index is 1.22. The Morgan fingerprint density at radius 3 is 2.70 bits per heavy atom. The number of nitrogens with zero attached hydrogens (tertiary/aromatic N) is 4. The molecule has 1 N–H and O–H groups in total. The number of aromatic nitrogens is 3. The highest BCUT2D eigenvalue weighted by Crippen LogP contribution is 2.49. The van der Waals surface area contributed by atoms with Gasteiger partial charge in [0.05, 0.1) is 27.9 Å². The molecule has 2 aliphatic carbocycles. The van der Waals surface area contributed by atoms with Crippen LogP contribution >= 0.6 is 11.3 Å². The van der Waals surface area contributed by atoms with Gasteiger partial charge in [0.2, 0.25) is 0 Å². The topological polar surface area (TPSA) is 98.5 Å². The van der Waals surface area contributed by atoms with Crippen molar-refractivity contribution >= 4 is 33.7 Å². The molecule has 9 nitrogen and oxygen atoms in total. The van der Waals surface area contributed by atoms with Gasteiger partial charge in [0.15, 0.2) is 0 Å². The minimum Gasteiger partial charge on any atom is -0.463 e. The molecule has 3 atom stereocenters. The Bertz CT molecular complexity index is 1980. The van der Waals surface area contributed by atoms with Crippen LogP contribution in [0.15, 0.2) is 52.3 Å². The summed E-state index contributed by atoms with van der Waals surface area (Å²) in [7, 11) is 0. The van der Waals surface area contributed by atoms with Crippen molar-refractivity contribution in [3.63, 3.8) is 0 Å². The number of alkyl halides is 3. The summed E-state index contributed by atoms with van der Waals surface area (Å²) in [5, 5.41) is 3.59. The van der Waals surface area contributed by atoms with Crippen LogP contribution in [0, 0.1) is 0 Å². The van der Waals surface area contributed by atoms with Crippen LogP contribution in [0.2, 0.25) is 0 Å². The van der Waals surface area contributed by atoms with E-state index in [2.05, 4.69) is 15.2 Å². The second kappa shape index (κ2) is 10.8. The normalized spacial score (nSPS) is 24.3. The molecule has 2 saturated carbocycles. The van der Waals surface area contributed by atoms with E-state index in [1.54, 1.807) is 23.0 Å². The molecular weight excluding hydrogens is 619 g/mol. The van der Waals surface area contributed by atoms with Crippen molar-refractivity contribution in [2.45, 2.75) is 81.4 Å².